The van der Waals surface area contributed by atoms with Gasteiger partial charge < -0.3 is 18.9 Å². The summed E-state index contributed by atoms with van der Waals surface area (Å²) in [5, 5.41) is 0. The highest BCUT2D eigenvalue weighted by atomic mass is 79.9. The maximum atomic E-state index is 12.5. The third-order valence-electron chi connectivity index (χ3n) is 4.39. The summed E-state index contributed by atoms with van der Waals surface area (Å²) in [6.07, 6.45) is 2.00. The molecule has 0 atom stereocenters. The van der Waals surface area contributed by atoms with Crippen molar-refractivity contribution in [1.29, 1.82) is 0 Å². The van der Waals surface area contributed by atoms with Crippen LogP contribution in [-0.4, -0.2) is 34.2 Å². The molecule has 0 aliphatic carbocycles. The number of hydrogen-bond acceptors (Lipinski definition) is 5. The van der Waals surface area contributed by atoms with Gasteiger partial charge in [0.1, 0.15) is 5.78 Å². The molecule has 0 saturated carbocycles. The largest absolute Gasteiger partial charge is 0.493 e. The third-order valence-corrected chi connectivity index (χ3v) is 5.30. The van der Waals surface area contributed by atoms with E-state index in [2.05, 4.69) is 31.9 Å². The van der Waals surface area contributed by atoms with Crippen LogP contribution in [0.1, 0.15) is 24.0 Å². The SMILES string of the molecule is COc1cc(Br)cc(CCC(=O)CCc2cc(Br)cc(OC)c2OC)c1OC. The van der Waals surface area contributed by atoms with Crippen LogP contribution >= 0.6 is 31.9 Å². The molecule has 7 heteroatoms. The molecule has 0 saturated heterocycles. The van der Waals surface area contributed by atoms with Crippen LogP contribution in [0, 0.1) is 0 Å². The Morgan fingerprint density at radius 2 is 1.11 bits per heavy atom. The second kappa shape index (κ2) is 10.7. The Balaban J connectivity index is 2.05. The van der Waals surface area contributed by atoms with Crippen molar-refractivity contribution in [2.75, 3.05) is 28.4 Å². The summed E-state index contributed by atoms with van der Waals surface area (Å²) in [5.74, 6) is 2.78. The highest BCUT2D eigenvalue weighted by Gasteiger charge is 2.15. The Bertz CT molecular complexity index is 769. The Morgan fingerprint density at radius 1 is 0.714 bits per heavy atom. The molecule has 0 spiro atoms. The number of methoxy groups -OCH3 is 4. The first-order chi connectivity index (χ1) is 13.4. The molecule has 0 aliphatic heterocycles. The molecule has 0 amide bonds. The molecule has 28 heavy (non-hydrogen) atoms. The van der Waals surface area contributed by atoms with Gasteiger partial charge in [-0.15, -0.1) is 0 Å². The molecular formula is C21H24Br2O5. The lowest BCUT2D eigenvalue weighted by molar-refractivity contribution is -0.119. The van der Waals surface area contributed by atoms with Gasteiger partial charge in [-0.05, 0) is 48.2 Å². The van der Waals surface area contributed by atoms with E-state index in [1.165, 1.54) is 0 Å². The molecule has 152 valence electrons. The van der Waals surface area contributed by atoms with Gasteiger partial charge in [-0.1, -0.05) is 31.9 Å². The first-order valence-corrected chi connectivity index (χ1v) is 10.3. The fraction of sp³-hybridized carbons (Fsp3) is 0.381. The van der Waals surface area contributed by atoms with E-state index >= 15 is 0 Å². The lowest BCUT2D eigenvalue weighted by Gasteiger charge is -2.14. The van der Waals surface area contributed by atoms with Crippen molar-refractivity contribution >= 4 is 37.6 Å². The monoisotopic (exact) mass is 514 g/mol. The average molecular weight is 516 g/mol. The van der Waals surface area contributed by atoms with Crippen LogP contribution < -0.4 is 18.9 Å². The van der Waals surface area contributed by atoms with Crippen LogP contribution in [0.3, 0.4) is 0 Å². The van der Waals surface area contributed by atoms with Crippen molar-refractivity contribution < 1.29 is 23.7 Å². The normalized spacial score (nSPS) is 10.5. The molecule has 2 aromatic rings. The number of ketones is 1. The third kappa shape index (κ3) is 5.64. The summed E-state index contributed by atoms with van der Waals surface area (Å²) in [6, 6.07) is 7.60. The van der Waals surface area contributed by atoms with Gasteiger partial charge in [-0.25, -0.2) is 0 Å². The van der Waals surface area contributed by atoms with Crippen LogP contribution in [0.5, 0.6) is 23.0 Å². The molecule has 0 radical (unpaired) electrons. The number of Topliss-reactive ketones (excluding diaryl/α,β-unsaturated/α-hetero) is 1. The van der Waals surface area contributed by atoms with Gasteiger partial charge in [-0.2, -0.15) is 0 Å². The predicted octanol–water partition coefficient (Wildman–Crippen LogP) is 5.38. The van der Waals surface area contributed by atoms with Crippen molar-refractivity contribution in [3.8, 4) is 23.0 Å². The summed E-state index contributed by atoms with van der Waals surface area (Å²) in [6.45, 7) is 0. The van der Waals surface area contributed by atoms with E-state index in [4.69, 9.17) is 18.9 Å². The van der Waals surface area contributed by atoms with Crippen LogP contribution in [0.25, 0.3) is 0 Å². The molecule has 0 aliphatic rings. The molecule has 0 unspecified atom stereocenters. The summed E-state index contributed by atoms with van der Waals surface area (Å²) < 4.78 is 23.4. The van der Waals surface area contributed by atoms with Crippen molar-refractivity contribution in [2.24, 2.45) is 0 Å². The zero-order chi connectivity index (χ0) is 20.7. The number of carbonyl (C=O) groups is 1. The van der Waals surface area contributed by atoms with E-state index in [0.29, 0.717) is 48.7 Å². The first-order valence-electron chi connectivity index (χ1n) is 8.76. The zero-order valence-corrected chi connectivity index (χ0v) is 19.6. The molecular weight excluding hydrogens is 492 g/mol. The smallest absolute Gasteiger partial charge is 0.163 e. The topological polar surface area (TPSA) is 54.0 Å². The van der Waals surface area contributed by atoms with Gasteiger partial charge >= 0.3 is 0 Å². The highest BCUT2D eigenvalue weighted by molar-refractivity contribution is 9.10. The number of ether oxygens (including phenoxy) is 4. The van der Waals surface area contributed by atoms with E-state index in [0.717, 1.165) is 20.1 Å². The Hall–Kier alpha value is -1.73. The lowest BCUT2D eigenvalue weighted by atomic mass is 10.0. The van der Waals surface area contributed by atoms with E-state index in [1.54, 1.807) is 28.4 Å². The quantitative estimate of drug-likeness (QED) is 0.425. The summed E-state index contributed by atoms with van der Waals surface area (Å²) >= 11 is 6.94. The van der Waals surface area contributed by atoms with Crippen molar-refractivity contribution in [3.63, 3.8) is 0 Å². The number of hydrogen-bond donors (Lipinski definition) is 0. The molecule has 0 N–H and O–H groups in total. The van der Waals surface area contributed by atoms with Gasteiger partial charge in [0.15, 0.2) is 23.0 Å². The van der Waals surface area contributed by atoms with Crippen LogP contribution in [0.2, 0.25) is 0 Å². The number of benzene rings is 2. The Labute approximate surface area is 182 Å². The highest BCUT2D eigenvalue weighted by Crippen LogP contribution is 2.36. The maximum Gasteiger partial charge on any atom is 0.163 e. The minimum Gasteiger partial charge on any atom is -0.493 e. The molecule has 0 fully saturated rings. The van der Waals surface area contributed by atoms with Gasteiger partial charge in [0.2, 0.25) is 0 Å². The molecule has 0 heterocycles. The van der Waals surface area contributed by atoms with Crippen LogP contribution in [0.4, 0.5) is 0 Å². The van der Waals surface area contributed by atoms with Crippen molar-refractivity contribution in [3.05, 3.63) is 44.3 Å². The maximum absolute atomic E-state index is 12.5. The predicted molar refractivity (Wildman–Crippen MR) is 116 cm³/mol. The van der Waals surface area contributed by atoms with Gasteiger partial charge in [0.05, 0.1) is 28.4 Å². The van der Waals surface area contributed by atoms with Crippen LogP contribution in [0.15, 0.2) is 33.2 Å². The Morgan fingerprint density at radius 3 is 1.43 bits per heavy atom. The van der Waals surface area contributed by atoms with Crippen molar-refractivity contribution in [1.82, 2.24) is 0 Å². The fourth-order valence-electron chi connectivity index (χ4n) is 3.06. The lowest BCUT2D eigenvalue weighted by Crippen LogP contribution is -2.05. The average Bonchev–Trinajstić information content (AvgIpc) is 2.69. The van der Waals surface area contributed by atoms with Gasteiger partial charge in [0, 0.05) is 21.8 Å². The Kier molecular flexibility index (Phi) is 8.63. The zero-order valence-electron chi connectivity index (χ0n) is 16.4. The van der Waals surface area contributed by atoms with E-state index in [1.807, 2.05) is 24.3 Å². The van der Waals surface area contributed by atoms with E-state index in [9.17, 15) is 4.79 Å². The van der Waals surface area contributed by atoms with Gasteiger partial charge in [-0.3, -0.25) is 4.79 Å². The second-order valence-corrected chi connectivity index (χ2v) is 7.97. The summed E-state index contributed by atoms with van der Waals surface area (Å²) in [7, 11) is 6.39. The molecule has 5 nitrogen and oxygen atoms in total. The van der Waals surface area contributed by atoms with Crippen molar-refractivity contribution in [2.45, 2.75) is 25.7 Å². The van der Waals surface area contributed by atoms with Gasteiger partial charge in [0.25, 0.3) is 0 Å². The number of halogens is 2. The van der Waals surface area contributed by atoms with E-state index < -0.39 is 0 Å². The summed E-state index contributed by atoms with van der Waals surface area (Å²) in [5.41, 5.74) is 1.87. The standard InChI is InChI=1S/C21H24Br2O5/c1-25-18-11-15(22)9-13(20(18)27-3)5-7-17(24)8-6-14-10-16(23)12-19(26-2)21(14)28-4/h9-12H,5-8H2,1-4H3. The number of carbonyl (C=O) groups excluding carboxylic acids is 1. The summed E-state index contributed by atoms with van der Waals surface area (Å²) in [4.78, 5) is 12.5. The minimum atomic E-state index is 0.169. The molecule has 2 rings (SSSR count). The van der Waals surface area contributed by atoms with E-state index in [-0.39, 0.29) is 5.78 Å². The molecule has 0 bridgehead atoms. The minimum absolute atomic E-state index is 0.169. The molecule has 0 aromatic heterocycles. The first kappa shape index (κ1) is 22.6. The molecule has 2 aromatic carbocycles. The number of aryl methyl sites for hydroxylation is 2. The van der Waals surface area contributed by atoms with Crippen LogP contribution in [-0.2, 0) is 17.6 Å². The number of rotatable bonds is 10. The second-order valence-electron chi connectivity index (χ2n) is 6.14. The fourth-order valence-corrected chi connectivity index (χ4v) is 4.03.